The minimum atomic E-state index is -1.45. The van der Waals surface area contributed by atoms with Gasteiger partial charge in [0.2, 0.25) is 0 Å². The first-order valence-corrected chi connectivity index (χ1v) is 5.97. The molecular formula is C14H13F4NO. The third-order valence-electron chi connectivity index (χ3n) is 3.02. The second kappa shape index (κ2) is 5.19. The molecule has 20 heavy (non-hydrogen) atoms. The van der Waals surface area contributed by atoms with Crippen molar-refractivity contribution < 1.29 is 22.0 Å². The quantitative estimate of drug-likeness (QED) is 0.658. The minimum Gasteiger partial charge on any atom is -0.466 e. The van der Waals surface area contributed by atoms with Crippen LogP contribution in [0.3, 0.4) is 0 Å². The number of rotatable bonds is 3. The lowest BCUT2D eigenvalue weighted by atomic mass is 10.1. The molecule has 0 aliphatic rings. The van der Waals surface area contributed by atoms with E-state index in [9.17, 15) is 17.6 Å². The summed E-state index contributed by atoms with van der Waals surface area (Å²) in [6, 6.07) is 1.30. The summed E-state index contributed by atoms with van der Waals surface area (Å²) in [6.45, 7) is 5.03. The predicted octanol–water partition coefficient (Wildman–Crippen LogP) is 4.63. The Kier molecular flexibility index (Phi) is 3.74. The van der Waals surface area contributed by atoms with Gasteiger partial charge in [0.15, 0.2) is 23.3 Å². The fourth-order valence-corrected chi connectivity index (χ4v) is 2.07. The van der Waals surface area contributed by atoms with Crippen molar-refractivity contribution in [3.63, 3.8) is 0 Å². The first-order chi connectivity index (χ1) is 9.31. The standard InChI is InChI=1S/C14H13F4NO/c1-6-4-9(8(3)20-6)7(2)19-14-12(17)10(15)5-11(16)13(14)18/h4-5,7,19H,1-3H3. The van der Waals surface area contributed by atoms with Gasteiger partial charge in [-0.25, -0.2) is 17.6 Å². The molecule has 0 fully saturated rings. The Morgan fingerprint density at radius 2 is 1.55 bits per heavy atom. The van der Waals surface area contributed by atoms with Crippen LogP contribution in [0.5, 0.6) is 0 Å². The molecule has 1 atom stereocenters. The first-order valence-electron chi connectivity index (χ1n) is 5.97. The van der Waals surface area contributed by atoms with Crippen LogP contribution < -0.4 is 5.32 Å². The van der Waals surface area contributed by atoms with E-state index in [1.165, 1.54) is 0 Å². The van der Waals surface area contributed by atoms with Crippen LogP contribution in [0.2, 0.25) is 0 Å². The molecule has 2 aromatic rings. The summed E-state index contributed by atoms with van der Waals surface area (Å²) in [4.78, 5) is 0. The predicted molar refractivity (Wildman–Crippen MR) is 66.5 cm³/mol. The molecule has 1 heterocycles. The third kappa shape index (κ3) is 2.50. The van der Waals surface area contributed by atoms with Crippen LogP contribution in [0.4, 0.5) is 23.2 Å². The van der Waals surface area contributed by atoms with Gasteiger partial charge in [0.05, 0.1) is 6.04 Å². The van der Waals surface area contributed by atoms with Gasteiger partial charge in [-0.2, -0.15) is 0 Å². The first kappa shape index (κ1) is 14.4. The van der Waals surface area contributed by atoms with E-state index >= 15 is 0 Å². The Hall–Kier alpha value is -1.98. The van der Waals surface area contributed by atoms with Crippen LogP contribution >= 0.6 is 0 Å². The number of anilines is 1. The number of halogens is 4. The normalized spacial score (nSPS) is 12.6. The average molecular weight is 287 g/mol. The van der Waals surface area contributed by atoms with Gasteiger partial charge in [-0.05, 0) is 26.8 Å². The number of nitrogens with one attached hydrogen (secondary N) is 1. The number of hydrogen-bond donors (Lipinski definition) is 1. The van der Waals surface area contributed by atoms with E-state index in [1.807, 2.05) is 0 Å². The molecule has 0 saturated heterocycles. The summed E-state index contributed by atoms with van der Waals surface area (Å²) in [5.41, 5.74) is -0.167. The van der Waals surface area contributed by atoms with Crippen molar-refractivity contribution in [2.75, 3.05) is 5.32 Å². The Morgan fingerprint density at radius 1 is 1.00 bits per heavy atom. The summed E-state index contributed by atoms with van der Waals surface area (Å²) >= 11 is 0. The van der Waals surface area contributed by atoms with Gasteiger partial charge in [0, 0.05) is 11.6 Å². The van der Waals surface area contributed by atoms with Gasteiger partial charge in [-0.15, -0.1) is 0 Å². The summed E-state index contributed by atoms with van der Waals surface area (Å²) in [5.74, 6) is -4.59. The molecule has 0 spiro atoms. The molecule has 0 radical (unpaired) electrons. The Morgan fingerprint density at radius 3 is 2.00 bits per heavy atom. The van der Waals surface area contributed by atoms with Crippen molar-refractivity contribution in [1.82, 2.24) is 0 Å². The van der Waals surface area contributed by atoms with Gasteiger partial charge >= 0.3 is 0 Å². The topological polar surface area (TPSA) is 25.2 Å². The Balaban J connectivity index is 2.37. The summed E-state index contributed by atoms with van der Waals surface area (Å²) in [5, 5.41) is 2.44. The smallest absolute Gasteiger partial charge is 0.185 e. The largest absolute Gasteiger partial charge is 0.466 e. The molecular weight excluding hydrogens is 274 g/mol. The number of aryl methyl sites for hydroxylation is 2. The van der Waals surface area contributed by atoms with E-state index in [4.69, 9.17) is 4.42 Å². The van der Waals surface area contributed by atoms with Gasteiger partial charge in [0.25, 0.3) is 0 Å². The van der Waals surface area contributed by atoms with Gasteiger partial charge in [0.1, 0.15) is 17.2 Å². The zero-order chi connectivity index (χ0) is 15.0. The molecule has 6 heteroatoms. The molecule has 108 valence electrons. The highest BCUT2D eigenvalue weighted by Crippen LogP contribution is 2.30. The molecule has 1 aromatic heterocycles. The maximum Gasteiger partial charge on any atom is 0.185 e. The molecule has 0 bridgehead atoms. The maximum atomic E-state index is 13.6. The second-order valence-corrected chi connectivity index (χ2v) is 4.58. The highest BCUT2D eigenvalue weighted by Gasteiger charge is 2.22. The van der Waals surface area contributed by atoms with Crippen LogP contribution in [0, 0.1) is 37.1 Å². The number of hydrogen-bond acceptors (Lipinski definition) is 2. The molecule has 2 nitrogen and oxygen atoms in total. The minimum absolute atomic E-state index is 0.174. The fraction of sp³-hybridized carbons (Fsp3) is 0.286. The molecule has 1 N–H and O–H groups in total. The lowest BCUT2D eigenvalue weighted by Crippen LogP contribution is -2.12. The van der Waals surface area contributed by atoms with E-state index in [0.29, 0.717) is 17.1 Å². The summed E-state index contributed by atoms with van der Waals surface area (Å²) < 4.78 is 58.7. The van der Waals surface area contributed by atoms with Crippen molar-refractivity contribution in [1.29, 1.82) is 0 Å². The third-order valence-corrected chi connectivity index (χ3v) is 3.02. The van der Waals surface area contributed by atoms with Crippen molar-refractivity contribution in [3.8, 4) is 0 Å². The van der Waals surface area contributed by atoms with Crippen LogP contribution in [0.25, 0.3) is 0 Å². The zero-order valence-corrected chi connectivity index (χ0v) is 11.2. The van der Waals surface area contributed by atoms with Crippen LogP contribution in [0.15, 0.2) is 16.5 Å². The summed E-state index contributed by atoms with van der Waals surface area (Å²) in [6.07, 6.45) is 0. The SMILES string of the molecule is Cc1cc(C(C)Nc2c(F)c(F)cc(F)c2F)c(C)o1. The molecule has 1 aromatic carbocycles. The zero-order valence-electron chi connectivity index (χ0n) is 11.2. The van der Waals surface area contributed by atoms with Crippen molar-refractivity contribution >= 4 is 5.69 Å². The van der Waals surface area contributed by atoms with E-state index in [-0.39, 0.29) is 6.07 Å². The van der Waals surface area contributed by atoms with Crippen LogP contribution in [0.1, 0.15) is 30.0 Å². The Labute approximate surface area is 113 Å². The van der Waals surface area contributed by atoms with Gasteiger partial charge < -0.3 is 9.73 Å². The van der Waals surface area contributed by atoms with Crippen LogP contribution in [-0.4, -0.2) is 0 Å². The van der Waals surface area contributed by atoms with E-state index in [1.54, 1.807) is 26.8 Å². The average Bonchev–Trinajstić information content (AvgIpc) is 2.71. The van der Waals surface area contributed by atoms with E-state index in [0.717, 1.165) is 0 Å². The van der Waals surface area contributed by atoms with E-state index in [2.05, 4.69) is 5.32 Å². The highest BCUT2D eigenvalue weighted by atomic mass is 19.2. The fourth-order valence-electron chi connectivity index (χ4n) is 2.07. The second-order valence-electron chi connectivity index (χ2n) is 4.58. The molecule has 0 aliphatic heterocycles. The summed E-state index contributed by atoms with van der Waals surface area (Å²) in [7, 11) is 0. The number of benzene rings is 1. The molecule has 0 saturated carbocycles. The molecule has 2 rings (SSSR count). The maximum absolute atomic E-state index is 13.6. The Bertz CT molecular complexity index is 625. The lowest BCUT2D eigenvalue weighted by molar-refractivity contribution is 0.456. The van der Waals surface area contributed by atoms with E-state index < -0.39 is 35.0 Å². The monoisotopic (exact) mass is 287 g/mol. The van der Waals surface area contributed by atoms with Crippen LogP contribution in [-0.2, 0) is 0 Å². The van der Waals surface area contributed by atoms with Crippen molar-refractivity contribution in [2.45, 2.75) is 26.8 Å². The molecule has 1 unspecified atom stereocenters. The van der Waals surface area contributed by atoms with Crippen molar-refractivity contribution in [2.24, 2.45) is 0 Å². The highest BCUT2D eigenvalue weighted by molar-refractivity contribution is 5.49. The van der Waals surface area contributed by atoms with Gasteiger partial charge in [-0.3, -0.25) is 0 Å². The lowest BCUT2D eigenvalue weighted by Gasteiger charge is -2.16. The number of furan rings is 1. The van der Waals surface area contributed by atoms with Gasteiger partial charge in [-0.1, -0.05) is 0 Å². The van der Waals surface area contributed by atoms with Crippen molar-refractivity contribution in [3.05, 3.63) is 52.5 Å². The molecule has 0 aliphatic carbocycles. The molecule has 0 amide bonds.